The van der Waals surface area contributed by atoms with Crippen molar-refractivity contribution in [3.8, 4) is 0 Å². The van der Waals surface area contributed by atoms with Crippen molar-refractivity contribution in [2.45, 2.75) is 26.9 Å². The SMILES string of the molecule is Cc1cc(C(=O)NCO/C=C\C=C(/N)C(F)(F)F)cc(NC(=O)C(C)C)n1. The van der Waals surface area contributed by atoms with E-state index in [9.17, 15) is 22.8 Å². The number of ether oxygens (including phenoxy) is 1. The van der Waals surface area contributed by atoms with Gasteiger partial charge in [-0.2, -0.15) is 13.2 Å². The Balaban J connectivity index is 2.60. The van der Waals surface area contributed by atoms with Crippen LogP contribution < -0.4 is 16.4 Å². The Bertz CT molecular complexity index is 743. The number of carbonyl (C=O) groups is 2. The summed E-state index contributed by atoms with van der Waals surface area (Å²) in [6.45, 7) is 4.84. The predicted octanol–water partition coefficient (Wildman–Crippen LogP) is 2.61. The fourth-order valence-electron chi connectivity index (χ4n) is 1.68. The van der Waals surface area contributed by atoms with Crippen molar-refractivity contribution in [1.29, 1.82) is 0 Å². The van der Waals surface area contributed by atoms with Crippen LogP contribution in [-0.2, 0) is 9.53 Å². The van der Waals surface area contributed by atoms with Crippen LogP contribution in [0.25, 0.3) is 0 Å². The lowest BCUT2D eigenvalue weighted by molar-refractivity contribution is -0.118. The van der Waals surface area contributed by atoms with Gasteiger partial charge >= 0.3 is 6.18 Å². The number of rotatable bonds is 7. The van der Waals surface area contributed by atoms with E-state index in [1.807, 2.05) is 0 Å². The smallest absolute Gasteiger partial charge is 0.430 e. The Kier molecular flexibility index (Phi) is 7.82. The number of alkyl halides is 3. The average molecular weight is 386 g/mol. The summed E-state index contributed by atoms with van der Waals surface area (Å²) in [5.41, 5.74) is 4.29. The van der Waals surface area contributed by atoms with Gasteiger partial charge in [0.05, 0.1) is 6.26 Å². The Morgan fingerprint density at radius 3 is 2.59 bits per heavy atom. The number of carbonyl (C=O) groups excluding carboxylic acids is 2. The van der Waals surface area contributed by atoms with Gasteiger partial charge in [0.15, 0.2) is 6.73 Å². The molecule has 0 unspecified atom stereocenters. The van der Waals surface area contributed by atoms with Gasteiger partial charge in [-0.25, -0.2) is 4.98 Å². The first-order valence-electron chi connectivity index (χ1n) is 7.89. The van der Waals surface area contributed by atoms with Crippen molar-refractivity contribution in [3.05, 3.63) is 47.5 Å². The molecule has 0 saturated carbocycles. The zero-order chi connectivity index (χ0) is 20.6. The molecule has 0 radical (unpaired) electrons. The first-order chi connectivity index (χ1) is 12.5. The van der Waals surface area contributed by atoms with Crippen molar-refractivity contribution >= 4 is 17.6 Å². The molecule has 0 bridgehead atoms. The number of amides is 2. The van der Waals surface area contributed by atoms with Gasteiger partial charge in [0.2, 0.25) is 5.91 Å². The number of anilines is 1. The standard InChI is InChI=1S/C17H21F3N4O3/c1-10(2)15(25)24-14-8-12(7-11(3)23-14)16(26)22-9-27-6-4-5-13(21)17(18,19)20/h4-8,10H,9,21H2,1-3H3,(H,22,26)(H,23,24,25)/b6-4-,13-5-. The summed E-state index contributed by atoms with van der Waals surface area (Å²) in [4.78, 5) is 28.0. The molecule has 4 N–H and O–H groups in total. The Morgan fingerprint density at radius 1 is 1.33 bits per heavy atom. The van der Waals surface area contributed by atoms with Crippen LogP contribution in [-0.4, -0.2) is 29.7 Å². The van der Waals surface area contributed by atoms with Crippen molar-refractivity contribution in [1.82, 2.24) is 10.3 Å². The van der Waals surface area contributed by atoms with E-state index in [-0.39, 0.29) is 29.9 Å². The minimum atomic E-state index is -4.61. The molecule has 0 aliphatic rings. The number of nitrogens with one attached hydrogen (secondary N) is 2. The lowest BCUT2D eigenvalue weighted by Gasteiger charge is -2.10. The Morgan fingerprint density at radius 2 is 2.00 bits per heavy atom. The highest BCUT2D eigenvalue weighted by atomic mass is 19.4. The highest BCUT2D eigenvalue weighted by molar-refractivity contribution is 5.96. The van der Waals surface area contributed by atoms with Crippen LogP contribution in [0.5, 0.6) is 0 Å². The van der Waals surface area contributed by atoms with Crippen molar-refractivity contribution in [2.24, 2.45) is 11.7 Å². The molecule has 10 heteroatoms. The number of nitrogens with two attached hydrogens (primary N) is 1. The first kappa shape index (κ1) is 22.0. The van der Waals surface area contributed by atoms with Crippen molar-refractivity contribution in [3.63, 3.8) is 0 Å². The lowest BCUT2D eigenvalue weighted by Crippen LogP contribution is -2.26. The van der Waals surface area contributed by atoms with E-state index in [0.717, 1.165) is 12.3 Å². The summed E-state index contributed by atoms with van der Waals surface area (Å²) in [5.74, 6) is -0.740. The molecule has 1 aromatic rings. The van der Waals surface area contributed by atoms with Crippen LogP contribution in [0, 0.1) is 12.8 Å². The van der Waals surface area contributed by atoms with Gasteiger partial charge in [0, 0.05) is 17.2 Å². The van der Waals surface area contributed by atoms with Gasteiger partial charge in [-0.3, -0.25) is 9.59 Å². The third-order valence-corrected chi connectivity index (χ3v) is 3.09. The Labute approximate surface area is 154 Å². The second-order valence-corrected chi connectivity index (χ2v) is 5.79. The van der Waals surface area contributed by atoms with Gasteiger partial charge in [-0.15, -0.1) is 0 Å². The molecule has 0 atom stereocenters. The number of aromatic nitrogens is 1. The maximum atomic E-state index is 12.2. The predicted molar refractivity (Wildman–Crippen MR) is 93.3 cm³/mol. The molecule has 2 amide bonds. The second kappa shape index (κ2) is 9.60. The van der Waals surface area contributed by atoms with Crippen LogP contribution >= 0.6 is 0 Å². The summed E-state index contributed by atoms with van der Waals surface area (Å²) in [7, 11) is 0. The zero-order valence-electron chi connectivity index (χ0n) is 15.1. The highest BCUT2D eigenvalue weighted by Gasteiger charge is 2.30. The maximum absolute atomic E-state index is 12.2. The summed E-state index contributed by atoms with van der Waals surface area (Å²) < 4.78 is 41.3. The van der Waals surface area contributed by atoms with Crippen LogP contribution in [0.4, 0.5) is 19.0 Å². The average Bonchev–Trinajstić information content (AvgIpc) is 2.55. The molecule has 148 valence electrons. The van der Waals surface area contributed by atoms with Gasteiger partial charge in [-0.05, 0) is 31.2 Å². The van der Waals surface area contributed by atoms with Crippen LogP contribution in [0.3, 0.4) is 0 Å². The largest absolute Gasteiger partial charge is 0.481 e. The minimum Gasteiger partial charge on any atom is -0.481 e. The fraction of sp³-hybridized carbons (Fsp3) is 0.353. The molecule has 1 aromatic heterocycles. The number of pyridine rings is 1. The highest BCUT2D eigenvalue weighted by Crippen LogP contribution is 2.20. The van der Waals surface area contributed by atoms with Gasteiger partial charge in [0.25, 0.3) is 5.91 Å². The topological polar surface area (TPSA) is 106 Å². The van der Waals surface area contributed by atoms with E-state index in [4.69, 9.17) is 10.5 Å². The summed E-state index contributed by atoms with van der Waals surface area (Å²) in [5, 5.41) is 5.02. The number of nitrogens with zero attached hydrogens (tertiary/aromatic N) is 1. The fourth-order valence-corrected chi connectivity index (χ4v) is 1.68. The second-order valence-electron chi connectivity index (χ2n) is 5.79. The molecule has 0 aliphatic heterocycles. The molecule has 0 spiro atoms. The number of allylic oxidation sites excluding steroid dienone is 3. The van der Waals surface area contributed by atoms with E-state index in [1.54, 1.807) is 20.8 Å². The molecule has 0 aromatic carbocycles. The Hall–Kier alpha value is -3.04. The number of aryl methyl sites for hydroxylation is 1. The minimum absolute atomic E-state index is 0.237. The molecule has 0 fully saturated rings. The number of hydrogen-bond donors (Lipinski definition) is 3. The monoisotopic (exact) mass is 386 g/mol. The van der Waals surface area contributed by atoms with Gasteiger partial charge in [0.1, 0.15) is 11.5 Å². The normalized spacial score (nSPS) is 12.3. The van der Waals surface area contributed by atoms with Crippen molar-refractivity contribution < 1.29 is 27.5 Å². The van der Waals surface area contributed by atoms with E-state index in [1.165, 1.54) is 12.1 Å². The quantitative estimate of drug-likeness (QED) is 0.289. The zero-order valence-corrected chi connectivity index (χ0v) is 15.1. The van der Waals surface area contributed by atoms with Crippen molar-refractivity contribution in [2.75, 3.05) is 12.0 Å². The molecule has 1 heterocycles. The lowest BCUT2D eigenvalue weighted by atomic mass is 10.2. The van der Waals surface area contributed by atoms with E-state index >= 15 is 0 Å². The summed E-state index contributed by atoms with van der Waals surface area (Å²) in [6, 6.07) is 2.92. The molecule has 27 heavy (non-hydrogen) atoms. The molecule has 7 nitrogen and oxygen atoms in total. The van der Waals surface area contributed by atoms with E-state index in [2.05, 4.69) is 15.6 Å². The number of hydrogen-bond acceptors (Lipinski definition) is 5. The van der Waals surface area contributed by atoms with E-state index < -0.39 is 17.8 Å². The third kappa shape index (κ3) is 7.80. The molecule has 0 aliphatic carbocycles. The first-order valence-corrected chi connectivity index (χ1v) is 7.89. The van der Waals surface area contributed by atoms with E-state index in [0.29, 0.717) is 11.8 Å². The molecular weight excluding hydrogens is 365 g/mol. The molecular formula is C17H21F3N4O3. The number of halogens is 3. The molecule has 1 rings (SSSR count). The van der Waals surface area contributed by atoms with Gasteiger partial charge < -0.3 is 21.1 Å². The van der Waals surface area contributed by atoms with Crippen LogP contribution in [0.2, 0.25) is 0 Å². The van der Waals surface area contributed by atoms with Gasteiger partial charge in [-0.1, -0.05) is 13.8 Å². The summed E-state index contributed by atoms with van der Waals surface area (Å²) in [6.07, 6.45) is -2.05. The molecule has 0 saturated heterocycles. The van der Waals surface area contributed by atoms with Crippen LogP contribution in [0.15, 0.2) is 36.2 Å². The maximum Gasteiger partial charge on any atom is 0.430 e. The van der Waals surface area contributed by atoms with Crippen LogP contribution in [0.1, 0.15) is 29.9 Å². The summed E-state index contributed by atoms with van der Waals surface area (Å²) >= 11 is 0. The third-order valence-electron chi connectivity index (χ3n) is 3.09.